The lowest BCUT2D eigenvalue weighted by Crippen LogP contribution is -2.37. The van der Waals surface area contributed by atoms with Crippen molar-refractivity contribution < 1.29 is 19.4 Å². The molecule has 8 heteroatoms. The van der Waals surface area contributed by atoms with Crippen molar-refractivity contribution in [1.82, 2.24) is 5.32 Å². The standard InChI is InChI=1S/C11H12Cl2N2O4/c1-19-11(18)8(16)4-15-10(17)5-2-6(12)9(13)7(14)3-5/h2-3,8,16H,4,14H2,1H3,(H,15,17). The van der Waals surface area contributed by atoms with Crippen molar-refractivity contribution in [3.8, 4) is 0 Å². The summed E-state index contributed by atoms with van der Waals surface area (Å²) < 4.78 is 4.31. The van der Waals surface area contributed by atoms with Crippen molar-refractivity contribution >= 4 is 40.8 Å². The molecule has 0 heterocycles. The van der Waals surface area contributed by atoms with E-state index in [-0.39, 0.29) is 27.8 Å². The van der Waals surface area contributed by atoms with E-state index in [0.29, 0.717) is 0 Å². The third kappa shape index (κ3) is 3.99. The SMILES string of the molecule is COC(=O)C(O)CNC(=O)c1cc(N)c(Cl)c(Cl)c1. The highest BCUT2D eigenvalue weighted by molar-refractivity contribution is 6.43. The van der Waals surface area contributed by atoms with Crippen LogP contribution >= 0.6 is 23.2 Å². The monoisotopic (exact) mass is 306 g/mol. The summed E-state index contributed by atoms with van der Waals surface area (Å²) in [7, 11) is 1.13. The Balaban J connectivity index is 2.72. The first kappa shape index (κ1) is 15.6. The molecular weight excluding hydrogens is 295 g/mol. The molecule has 0 aliphatic carbocycles. The lowest BCUT2D eigenvalue weighted by Gasteiger charge is -2.10. The lowest BCUT2D eigenvalue weighted by molar-refractivity contribution is -0.149. The molecule has 0 spiro atoms. The van der Waals surface area contributed by atoms with E-state index in [4.69, 9.17) is 28.9 Å². The quantitative estimate of drug-likeness (QED) is 0.565. The fraction of sp³-hybridized carbons (Fsp3) is 0.273. The molecule has 104 valence electrons. The smallest absolute Gasteiger partial charge is 0.336 e. The van der Waals surface area contributed by atoms with Gasteiger partial charge >= 0.3 is 5.97 Å². The second-order valence-corrected chi connectivity index (χ2v) is 4.40. The van der Waals surface area contributed by atoms with Gasteiger partial charge in [-0.05, 0) is 12.1 Å². The van der Waals surface area contributed by atoms with E-state index in [9.17, 15) is 14.7 Å². The number of nitrogen functional groups attached to an aromatic ring is 1. The van der Waals surface area contributed by atoms with Crippen molar-refractivity contribution in [2.75, 3.05) is 19.4 Å². The van der Waals surface area contributed by atoms with Gasteiger partial charge in [-0.3, -0.25) is 4.79 Å². The van der Waals surface area contributed by atoms with Crippen LogP contribution in [0.5, 0.6) is 0 Å². The minimum Gasteiger partial charge on any atom is -0.467 e. The van der Waals surface area contributed by atoms with Gasteiger partial charge in [-0.25, -0.2) is 4.79 Å². The second kappa shape index (κ2) is 6.60. The molecule has 1 aromatic carbocycles. The van der Waals surface area contributed by atoms with Gasteiger partial charge in [0, 0.05) is 5.56 Å². The normalized spacial score (nSPS) is 11.8. The maximum atomic E-state index is 11.7. The Kier molecular flexibility index (Phi) is 5.41. The number of hydrogen-bond donors (Lipinski definition) is 3. The van der Waals surface area contributed by atoms with E-state index < -0.39 is 18.0 Å². The molecule has 0 aromatic heterocycles. The van der Waals surface area contributed by atoms with E-state index in [2.05, 4.69) is 10.1 Å². The van der Waals surface area contributed by atoms with Crippen LogP contribution in [0.15, 0.2) is 12.1 Å². The van der Waals surface area contributed by atoms with Crippen molar-refractivity contribution in [3.05, 3.63) is 27.7 Å². The van der Waals surface area contributed by atoms with Gasteiger partial charge in [0.15, 0.2) is 6.10 Å². The van der Waals surface area contributed by atoms with E-state index in [0.717, 1.165) is 7.11 Å². The van der Waals surface area contributed by atoms with E-state index in [1.807, 2.05) is 0 Å². The van der Waals surface area contributed by atoms with Crippen LogP contribution in [0.2, 0.25) is 10.0 Å². The number of ether oxygens (including phenoxy) is 1. The molecule has 19 heavy (non-hydrogen) atoms. The number of nitrogens with two attached hydrogens (primary N) is 1. The zero-order chi connectivity index (χ0) is 14.6. The van der Waals surface area contributed by atoms with Gasteiger partial charge in [0.1, 0.15) is 0 Å². The molecule has 1 unspecified atom stereocenters. The molecule has 0 aliphatic heterocycles. The number of aliphatic hydroxyl groups excluding tert-OH is 1. The minimum absolute atomic E-state index is 0.139. The van der Waals surface area contributed by atoms with Gasteiger partial charge in [0.25, 0.3) is 5.91 Å². The number of rotatable bonds is 4. The van der Waals surface area contributed by atoms with E-state index >= 15 is 0 Å². The predicted octanol–water partition coefficient (Wildman–Crippen LogP) is 0.839. The Hall–Kier alpha value is -1.50. The number of amides is 1. The summed E-state index contributed by atoms with van der Waals surface area (Å²) in [6, 6.07) is 2.67. The maximum absolute atomic E-state index is 11.7. The summed E-state index contributed by atoms with van der Waals surface area (Å²) in [6.45, 7) is -0.286. The molecule has 1 aromatic rings. The number of nitrogens with one attached hydrogen (secondary N) is 1. The van der Waals surface area contributed by atoms with Crippen LogP contribution < -0.4 is 11.1 Å². The number of carbonyl (C=O) groups excluding carboxylic acids is 2. The van der Waals surface area contributed by atoms with Crippen LogP contribution in [0.25, 0.3) is 0 Å². The van der Waals surface area contributed by atoms with Crippen molar-refractivity contribution in [3.63, 3.8) is 0 Å². The number of carbonyl (C=O) groups is 2. The molecule has 1 amide bonds. The molecular formula is C11H12Cl2N2O4. The van der Waals surface area contributed by atoms with Crippen LogP contribution in [-0.4, -0.2) is 36.7 Å². The van der Waals surface area contributed by atoms with Crippen molar-refractivity contribution in [2.45, 2.75) is 6.10 Å². The summed E-state index contributed by atoms with van der Waals surface area (Å²) in [4.78, 5) is 22.7. The lowest BCUT2D eigenvalue weighted by atomic mass is 10.2. The molecule has 4 N–H and O–H groups in total. The van der Waals surface area contributed by atoms with Crippen LogP contribution in [0.4, 0.5) is 5.69 Å². The largest absolute Gasteiger partial charge is 0.467 e. The summed E-state index contributed by atoms with van der Waals surface area (Å²) in [5, 5.41) is 11.9. The highest BCUT2D eigenvalue weighted by Gasteiger charge is 2.17. The first-order valence-corrected chi connectivity index (χ1v) is 5.91. The topological polar surface area (TPSA) is 102 Å². The van der Waals surface area contributed by atoms with Gasteiger partial charge in [-0.1, -0.05) is 23.2 Å². The van der Waals surface area contributed by atoms with Crippen LogP contribution in [0.1, 0.15) is 10.4 Å². The fourth-order valence-corrected chi connectivity index (χ4v) is 1.59. The molecule has 0 saturated carbocycles. The number of benzene rings is 1. The number of anilines is 1. The first-order chi connectivity index (χ1) is 8.86. The van der Waals surface area contributed by atoms with Gasteiger partial charge in [0.2, 0.25) is 0 Å². The van der Waals surface area contributed by atoms with Crippen LogP contribution in [0, 0.1) is 0 Å². The zero-order valence-electron chi connectivity index (χ0n) is 9.94. The zero-order valence-corrected chi connectivity index (χ0v) is 11.5. The number of hydrogen-bond acceptors (Lipinski definition) is 5. The molecule has 0 radical (unpaired) electrons. The number of halogens is 2. The molecule has 6 nitrogen and oxygen atoms in total. The first-order valence-electron chi connectivity index (χ1n) is 5.15. The average molecular weight is 307 g/mol. The highest BCUT2D eigenvalue weighted by atomic mass is 35.5. The average Bonchev–Trinajstić information content (AvgIpc) is 2.39. The molecule has 0 saturated heterocycles. The predicted molar refractivity (Wildman–Crippen MR) is 71.2 cm³/mol. The molecule has 1 atom stereocenters. The van der Waals surface area contributed by atoms with Gasteiger partial charge in [-0.2, -0.15) is 0 Å². The molecule has 0 fully saturated rings. The maximum Gasteiger partial charge on any atom is 0.336 e. The Morgan fingerprint density at radius 1 is 1.47 bits per heavy atom. The highest BCUT2D eigenvalue weighted by Crippen LogP contribution is 2.29. The van der Waals surface area contributed by atoms with Gasteiger partial charge in [-0.15, -0.1) is 0 Å². The number of esters is 1. The summed E-state index contributed by atoms with van der Waals surface area (Å²) >= 11 is 11.5. The molecule has 1 rings (SSSR count). The third-order valence-electron chi connectivity index (χ3n) is 2.25. The second-order valence-electron chi connectivity index (χ2n) is 3.61. The van der Waals surface area contributed by atoms with E-state index in [1.165, 1.54) is 12.1 Å². The third-order valence-corrected chi connectivity index (χ3v) is 3.06. The van der Waals surface area contributed by atoms with Crippen molar-refractivity contribution in [2.24, 2.45) is 0 Å². The van der Waals surface area contributed by atoms with Crippen molar-refractivity contribution in [1.29, 1.82) is 0 Å². The minimum atomic E-state index is -1.44. The number of methoxy groups -OCH3 is 1. The number of aliphatic hydroxyl groups is 1. The Labute approximate surface area is 119 Å². The molecule has 0 bridgehead atoms. The van der Waals surface area contributed by atoms with Crippen LogP contribution in [-0.2, 0) is 9.53 Å². The fourth-order valence-electron chi connectivity index (χ4n) is 1.25. The van der Waals surface area contributed by atoms with Crippen LogP contribution in [0.3, 0.4) is 0 Å². The summed E-state index contributed by atoms with van der Waals surface area (Å²) in [6.07, 6.45) is -1.44. The van der Waals surface area contributed by atoms with Gasteiger partial charge < -0.3 is 20.9 Å². The van der Waals surface area contributed by atoms with E-state index in [1.54, 1.807) is 0 Å². The Morgan fingerprint density at radius 3 is 2.63 bits per heavy atom. The van der Waals surface area contributed by atoms with Gasteiger partial charge in [0.05, 0.1) is 29.4 Å². The summed E-state index contributed by atoms with van der Waals surface area (Å²) in [5.74, 6) is -1.39. The molecule has 0 aliphatic rings. The Morgan fingerprint density at radius 2 is 2.11 bits per heavy atom. The Bertz CT molecular complexity index is 484. The summed E-state index contributed by atoms with van der Waals surface area (Å²) in [5.41, 5.74) is 5.90.